The van der Waals surface area contributed by atoms with E-state index in [0.29, 0.717) is 22.7 Å². The summed E-state index contributed by atoms with van der Waals surface area (Å²) in [5.41, 5.74) is 14.4. The normalized spacial score (nSPS) is 12.2. The molecule has 2 rings (SSSR count). The molecule has 1 aromatic carbocycles. The molecule has 0 saturated carbocycles. The molecule has 0 aliphatic rings. The van der Waals surface area contributed by atoms with Gasteiger partial charge in [-0.1, -0.05) is 43.8 Å². The van der Waals surface area contributed by atoms with Crippen molar-refractivity contribution < 1.29 is 4.79 Å². The van der Waals surface area contributed by atoms with Crippen LogP contribution in [0.1, 0.15) is 37.8 Å². The Morgan fingerprint density at radius 3 is 2.38 bits per heavy atom. The van der Waals surface area contributed by atoms with Crippen LogP contribution in [0.2, 0.25) is 0 Å². The van der Waals surface area contributed by atoms with Crippen LogP contribution < -0.4 is 16.8 Å². The van der Waals surface area contributed by atoms with Gasteiger partial charge in [0.25, 0.3) is 0 Å². The van der Waals surface area contributed by atoms with Crippen molar-refractivity contribution in [1.29, 1.82) is 0 Å². The van der Waals surface area contributed by atoms with Gasteiger partial charge in [0.15, 0.2) is 5.16 Å². The average Bonchev–Trinajstić information content (AvgIpc) is 2.47. The molecule has 0 aliphatic heterocycles. The van der Waals surface area contributed by atoms with E-state index in [2.05, 4.69) is 29.1 Å². The van der Waals surface area contributed by atoms with Crippen molar-refractivity contribution in [2.75, 3.05) is 16.8 Å². The van der Waals surface area contributed by atoms with Gasteiger partial charge in [0, 0.05) is 11.8 Å². The van der Waals surface area contributed by atoms with E-state index in [-0.39, 0.29) is 11.2 Å². The number of nitrogens with one attached hydrogen (secondary N) is 1. The maximum Gasteiger partial charge on any atom is 0.237 e. The largest absolute Gasteiger partial charge is 0.383 e. The highest BCUT2D eigenvalue weighted by Crippen LogP contribution is 2.29. The molecular weight excluding hydrogens is 322 g/mol. The zero-order chi connectivity index (χ0) is 17.9. The fourth-order valence-corrected chi connectivity index (χ4v) is 3.09. The second-order valence-corrected chi connectivity index (χ2v) is 7.25. The number of nitrogens with zero attached hydrogens (tertiary/aromatic N) is 2. The standard InChI is InChI=1S/C17H23N5OS/c1-9(2)12-7-5-6-10(3)15(12)22-16(23)11(4)24-17-20-13(18)8-14(19)21-17/h5-9,11H,1-4H3,(H,22,23)(H4,18,19,20,21). The molecular formula is C17H23N5OS. The topological polar surface area (TPSA) is 107 Å². The minimum absolute atomic E-state index is 0.110. The predicted octanol–water partition coefficient (Wildman–Crippen LogP) is 3.19. The van der Waals surface area contributed by atoms with Crippen molar-refractivity contribution in [2.24, 2.45) is 0 Å². The summed E-state index contributed by atoms with van der Waals surface area (Å²) < 4.78 is 0. The maximum atomic E-state index is 12.6. The van der Waals surface area contributed by atoms with E-state index in [4.69, 9.17) is 11.5 Å². The molecule has 0 aliphatic carbocycles. The number of hydrogen-bond acceptors (Lipinski definition) is 6. The first-order valence-corrected chi connectivity index (χ1v) is 8.63. The van der Waals surface area contributed by atoms with Gasteiger partial charge in [-0.25, -0.2) is 9.97 Å². The molecule has 128 valence electrons. The van der Waals surface area contributed by atoms with Crippen LogP contribution in [-0.4, -0.2) is 21.1 Å². The number of rotatable bonds is 5. The lowest BCUT2D eigenvalue weighted by Crippen LogP contribution is -2.24. The van der Waals surface area contributed by atoms with Gasteiger partial charge >= 0.3 is 0 Å². The molecule has 0 saturated heterocycles. The third kappa shape index (κ3) is 4.38. The molecule has 1 atom stereocenters. The number of para-hydroxylation sites is 1. The Kier molecular flexibility index (Phi) is 5.66. The molecule has 1 amide bonds. The summed E-state index contributed by atoms with van der Waals surface area (Å²) >= 11 is 1.23. The van der Waals surface area contributed by atoms with Crippen LogP contribution >= 0.6 is 11.8 Å². The number of aromatic nitrogens is 2. The lowest BCUT2D eigenvalue weighted by Gasteiger charge is -2.18. The Labute approximate surface area is 146 Å². The lowest BCUT2D eigenvalue weighted by atomic mass is 9.98. The fraction of sp³-hybridized carbons (Fsp3) is 0.353. The highest BCUT2D eigenvalue weighted by Gasteiger charge is 2.19. The summed E-state index contributed by atoms with van der Waals surface area (Å²) in [6, 6.07) is 7.51. The third-order valence-electron chi connectivity index (χ3n) is 3.57. The Bertz CT molecular complexity index is 728. The van der Waals surface area contributed by atoms with Gasteiger partial charge in [-0.3, -0.25) is 4.79 Å². The summed E-state index contributed by atoms with van der Waals surface area (Å²) in [7, 11) is 0. The molecule has 7 heteroatoms. The second kappa shape index (κ2) is 7.53. The van der Waals surface area contributed by atoms with Crippen LogP contribution in [-0.2, 0) is 4.79 Å². The Hall–Kier alpha value is -2.28. The highest BCUT2D eigenvalue weighted by atomic mass is 32.2. The van der Waals surface area contributed by atoms with Crippen LogP contribution in [0.15, 0.2) is 29.4 Å². The maximum absolute atomic E-state index is 12.6. The third-order valence-corrected chi connectivity index (χ3v) is 4.53. The minimum Gasteiger partial charge on any atom is -0.383 e. The van der Waals surface area contributed by atoms with Crippen LogP contribution in [0, 0.1) is 6.92 Å². The van der Waals surface area contributed by atoms with Crippen LogP contribution in [0.4, 0.5) is 17.3 Å². The quantitative estimate of drug-likeness (QED) is 0.567. The Balaban J connectivity index is 2.15. The molecule has 0 spiro atoms. The smallest absolute Gasteiger partial charge is 0.237 e. The Morgan fingerprint density at radius 1 is 1.17 bits per heavy atom. The number of thioether (sulfide) groups is 1. The van der Waals surface area contributed by atoms with Crippen molar-refractivity contribution in [3.8, 4) is 0 Å². The molecule has 1 aromatic heterocycles. The summed E-state index contributed by atoms with van der Waals surface area (Å²) in [6.45, 7) is 8.00. The number of benzene rings is 1. The molecule has 0 radical (unpaired) electrons. The second-order valence-electron chi connectivity index (χ2n) is 5.94. The number of hydrogen-bond donors (Lipinski definition) is 3. The molecule has 2 aromatic rings. The lowest BCUT2D eigenvalue weighted by molar-refractivity contribution is -0.115. The van der Waals surface area contributed by atoms with Gasteiger partial charge < -0.3 is 16.8 Å². The van der Waals surface area contributed by atoms with Gasteiger partial charge in [0.2, 0.25) is 5.91 Å². The van der Waals surface area contributed by atoms with E-state index in [9.17, 15) is 4.79 Å². The van der Waals surface area contributed by atoms with Crippen molar-refractivity contribution in [3.63, 3.8) is 0 Å². The molecule has 5 N–H and O–H groups in total. The van der Waals surface area contributed by atoms with E-state index in [1.807, 2.05) is 25.1 Å². The summed E-state index contributed by atoms with van der Waals surface area (Å²) in [5, 5.41) is 3.04. The number of carbonyl (C=O) groups is 1. The van der Waals surface area contributed by atoms with Crippen LogP contribution in [0.5, 0.6) is 0 Å². The molecule has 1 heterocycles. The average molecular weight is 345 g/mol. The van der Waals surface area contributed by atoms with Gasteiger partial charge in [0.05, 0.1) is 5.25 Å². The van der Waals surface area contributed by atoms with Crippen molar-refractivity contribution >= 4 is 35.0 Å². The number of amides is 1. The first-order valence-electron chi connectivity index (χ1n) is 7.75. The van der Waals surface area contributed by atoms with E-state index in [0.717, 1.165) is 16.8 Å². The Morgan fingerprint density at radius 2 is 1.79 bits per heavy atom. The van der Waals surface area contributed by atoms with E-state index in [1.165, 1.54) is 17.8 Å². The fourth-order valence-electron chi connectivity index (χ4n) is 2.29. The number of aryl methyl sites for hydroxylation is 1. The number of nitrogen functional groups attached to an aromatic ring is 2. The first-order chi connectivity index (χ1) is 11.3. The van der Waals surface area contributed by atoms with Gasteiger partial charge in [0.1, 0.15) is 11.6 Å². The molecule has 0 fully saturated rings. The number of nitrogens with two attached hydrogens (primary N) is 2. The monoisotopic (exact) mass is 345 g/mol. The summed E-state index contributed by atoms with van der Waals surface area (Å²) in [6.07, 6.45) is 0. The molecule has 1 unspecified atom stereocenters. The van der Waals surface area contributed by atoms with Crippen LogP contribution in [0.3, 0.4) is 0 Å². The number of carbonyl (C=O) groups excluding carboxylic acids is 1. The molecule has 0 bridgehead atoms. The van der Waals surface area contributed by atoms with Crippen molar-refractivity contribution in [1.82, 2.24) is 9.97 Å². The minimum atomic E-state index is -0.384. The number of anilines is 3. The van der Waals surface area contributed by atoms with E-state index >= 15 is 0 Å². The molecule has 24 heavy (non-hydrogen) atoms. The zero-order valence-corrected chi connectivity index (χ0v) is 15.1. The van der Waals surface area contributed by atoms with Crippen molar-refractivity contribution in [3.05, 3.63) is 35.4 Å². The van der Waals surface area contributed by atoms with Crippen molar-refractivity contribution in [2.45, 2.75) is 44.0 Å². The summed E-state index contributed by atoms with van der Waals surface area (Å²) in [4.78, 5) is 20.8. The van der Waals surface area contributed by atoms with E-state index < -0.39 is 0 Å². The first kappa shape index (κ1) is 18.1. The van der Waals surface area contributed by atoms with Gasteiger partial charge in [-0.15, -0.1) is 0 Å². The van der Waals surface area contributed by atoms with Crippen LogP contribution in [0.25, 0.3) is 0 Å². The summed E-state index contributed by atoms with van der Waals surface area (Å²) in [5.74, 6) is 0.790. The van der Waals surface area contributed by atoms with Gasteiger partial charge in [-0.2, -0.15) is 0 Å². The molecule has 6 nitrogen and oxygen atoms in total. The highest BCUT2D eigenvalue weighted by molar-refractivity contribution is 8.00. The SMILES string of the molecule is Cc1cccc(C(C)C)c1NC(=O)C(C)Sc1nc(N)cc(N)n1. The predicted molar refractivity (Wildman–Crippen MR) is 100 cm³/mol. The zero-order valence-electron chi connectivity index (χ0n) is 14.3. The van der Waals surface area contributed by atoms with E-state index in [1.54, 1.807) is 6.92 Å². The van der Waals surface area contributed by atoms with Gasteiger partial charge in [-0.05, 0) is 30.9 Å².